The van der Waals surface area contributed by atoms with Crippen LogP contribution < -0.4 is 5.73 Å². The standard InChI is InChI=1S/C11H19NO4/c1-4-8(13)11(7-12,9(14)5-2)16-10(15)6-3/h4-7,12H2,1-3H3. The zero-order valence-corrected chi connectivity index (χ0v) is 10.0. The Bertz CT molecular complexity index is 270. The second kappa shape index (κ2) is 6.37. The maximum absolute atomic E-state index is 11.7. The fourth-order valence-electron chi connectivity index (χ4n) is 1.38. The van der Waals surface area contributed by atoms with Crippen molar-refractivity contribution in [1.82, 2.24) is 0 Å². The average molecular weight is 229 g/mol. The van der Waals surface area contributed by atoms with Gasteiger partial charge in [-0.1, -0.05) is 20.8 Å². The first kappa shape index (κ1) is 14.8. The summed E-state index contributed by atoms with van der Waals surface area (Å²) in [4.78, 5) is 34.7. The van der Waals surface area contributed by atoms with Gasteiger partial charge < -0.3 is 10.5 Å². The molecule has 0 bridgehead atoms. The van der Waals surface area contributed by atoms with Crippen molar-refractivity contribution in [2.45, 2.75) is 45.6 Å². The minimum Gasteiger partial charge on any atom is -0.441 e. The summed E-state index contributed by atoms with van der Waals surface area (Å²) in [6.45, 7) is 4.51. The van der Waals surface area contributed by atoms with E-state index in [1.54, 1.807) is 20.8 Å². The summed E-state index contributed by atoms with van der Waals surface area (Å²) in [5.74, 6) is -1.47. The molecule has 0 aromatic carbocycles. The minimum atomic E-state index is -1.77. The van der Waals surface area contributed by atoms with Crippen LogP contribution in [0, 0.1) is 0 Å². The van der Waals surface area contributed by atoms with Crippen LogP contribution >= 0.6 is 0 Å². The Labute approximate surface area is 95.3 Å². The minimum absolute atomic E-state index is 0.107. The number of Topliss-reactive ketones (excluding diaryl/α,β-unsaturated/α-hetero) is 2. The van der Waals surface area contributed by atoms with Gasteiger partial charge in [-0.3, -0.25) is 14.4 Å². The molecule has 0 heterocycles. The molecule has 0 aromatic heterocycles. The molecule has 0 atom stereocenters. The van der Waals surface area contributed by atoms with Gasteiger partial charge in [-0.15, -0.1) is 0 Å². The van der Waals surface area contributed by atoms with E-state index in [2.05, 4.69) is 0 Å². The fourth-order valence-corrected chi connectivity index (χ4v) is 1.38. The fraction of sp³-hybridized carbons (Fsp3) is 0.727. The number of carbonyl (C=O) groups excluding carboxylic acids is 3. The van der Waals surface area contributed by atoms with Gasteiger partial charge in [-0.05, 0) is 0 Å². The number of ether oxygens (including phenoxy) is 1. The monoisotopic (exact) mass is 229 g/mol. The lowest BCUT2D eigenvalue weighted by molar-refractivity contribution is -0.172. The van der Waals surface area contributed by atoms with Crippen LogP contribution in [0.3, 0.4) is 0 Å². The van der Waals surface area contributed by atoms with E-state index in [0.717, 1.165) is 0 Å². The molecule has 16 heavy (non-hydrogen) atoms. The second-order valence-electron chi connectivity index (χ2n) is 3.41. The van der Waals surface area contributed by atoms with E-state index in [1.165, 1.54) is 0 Å². The van der Waals surface area contributed by atoms with E-state index in [-0.39, 0.29) is 25.8 Å². The summed E-state index contributed by atoms with van der Waals surface area (Å²) in [5, 5.41) is 0. The second-order valence-corrected chi connectivity index (χ2v) is 3.41. The van der Waals surface area contributed by atoms with Crippen molar-refractivity contribution in [3.63, 3.8) is 0 Å². The Hall–Kier alpha value is -1.23. The molecule has 0 rings (SSSR count). The van der Waals surface area contributed by atoms with Crippen molar-refractivity contribution in [3.8, 4) is 0 Å². The van der Waals surface area contributed by atoms with Crippen LogP contribution in [0.5, 0.6) is 0 Å². The first-order valence-electron chi connectivity index (χ1n) is 5.46. The van der Waals surface area contributed by atoms with Crippen molar-refractivity contribution < 1.29 is 19.1 Å². The third kappa shape index (κ3) is 2.88. The molecule has 0 radical (unpaired) electrons. The van der Waals surface area contributed by atoms with Crippen LogP contribution in [-0.4, -0.2) is 29.7 Å². The summed E-state index contributed by atoms with van der Waals surface area (Å²) in [6.07, 6.45) is 0.329. The molecule has 0 fully saturated rings. The third-order valence-electron chi connectivity index (χ3n) is 2.41. The normalized spacial score (nSPS) is 11.0. The number of nitrogens with two attached hydrogens (primary N) is 1. The molecule has 0 aliphatic heterocycles. The van der Waals surface area contributed by atoms with Gasteiger partial charge in [0.05, 0.1) is 0 Å². The zero-order chi connectivity index (χ0) is 12.8. The summed E-state index contributed by atoms with van der Waals surface area (Å²) in [5.41, 5.74) is 3.68. The molecule has 92 valence electrons. The molecular formula is C11H19NO4. The number of carbonyl (C=O) groups is 3. The quantitative estimate of drug-likeness (QED) is 0.510. The third-order valence-corrected chi connectivity index (χ3v) is 2.41. The van der Waals surface area contributed by atoms with Crippen LogP contribution in [0.4, 0.5) is 0 Å². The first-order valence-corrected chi connectivity index (χ1v) is 5.46. The van der Waals surface area contributed by atoms with E-state index in [0.29, 0.717) is 0 Å². The van der Waals surface area contributed by atoms with E-state index in [1.807, 2.05) is 0 Å². The predicted octanol–water partition coefficient (Wildman–Crippen LogP) is 0.595. The van der Waals surface area contributed by atoms with Crippen molar-refractivity contribution in [2.24, 2.45) is 5.73 Å². The highest BCUT2D eigenvalue weighted by Gasteiger charge is 2.45. The Kier molecular flexibility index (Phi) is 5.88. The molecule has 0 unspecified atom stereocenters. The average Bonchev–Trinajstić information content (AvgIpc) is 2.33. The summed E-state index contributed by atoms with van der Waals surface area (Å²) >= 11 is 0. The molecule has 0 aliphatic rings. The summed E-state index contributed by atoms with van der Waals surface area (Å²) in [7, 11) is 0. The molecule has 0 aromatic rings. The van der Waals surface area contributed by atoms with Gasteiger partial charge in [0.25, 0.3) is 0 Å². The smallest absolute Gasteiger partial charge is 0.306 e. The summed E-state index contributed by atoms with van der Waals surface area (Å²) in [6, 6.07) is 0. The number of rotatable bonds is 7. The van der Waals surface area contributed by atoms with Crippen LogP contribution in [-0.2, 0) is 19.1 Å². The molecule has 0 aliphatic carbocycles. The van der Waals surface area contributed by atoms with Gasteiger partial charge in [-0.25, -0.2) is 0 Å². The Balaban J connectivity index is 5.19. The van der Waals surface area contributed by atoms with Crippen molar-refractivity contribution in [2.75, 3.05) is 6.54 Å². The maximum Gasteiger partial charge on any atom is 0.306 e. The molecule has 2 N–H and O–H groups in total. The lowest BCUT2D eigenvalue weighted by Crippen LogP contribution is -2.55. The van der Waals surface area contributed by atoms with Crippen molar-refractivity contribution in [1.29, 1.82) is 0 Å². The van der Waals surface area contributed by atoms with Gasteiger partial charge >= 0.3 is 5.97 Å². The van der Waals surface area contributed by atoms with Gasteiger partial charge in [0.2, 0.25) is 5.60 Å². The first-order chi connectivity index (χ1) is 7.48. The Morgan fingerprint density at radius 3 is 1.69 bits per heavy atom. The van der Waals surface area contributed by atoms with E-state index >= 15 is 0 Å². The number of ketones is 2. The number of esters is 1. The van der Waals surface area contributed by atoms with Gasteiger partial charge in [0.15, 0.2) is 11.6 Å². The van der Waals surface area contributed by atoms with E-state index < -0.39 is 23.1 Å². The van der Waals surface area contributed by atoms with Gasteiger partial charge in [-0.2, -0.15) is 0 Å². The highest BCUT2D eigenvalue weighted by Crippen LogP contribution is 2.18. The Morgan fingerprint density at radius 1 is 1.00 bits per heavy atom. The molecule has 0 saturated carbocycles. The summed E-state index contributed by atoms with van der Waals surface area (Å²) < 4.78 is 4.98. The number of hydrogen-bond acceptors (Lipinski definition) is 5. The van der Waals surface area contributed by atoms with E-state index in [4.69, 9.17) is 10.5 Å². The molecule has 0 amide bonds. The van der Waals surface area contributed by atoms with Crippen molar-refractivity contribution in [3.05, 3.63) is 0 Å². The van der Waals surface area contributed by atoms with E-state index in [9.17, 15) is 14.4 Å². The van der Waals surface area contributed by atoms with Crippen LogP contribution in [0.15, 0.2) is 0 Å². The van der Waals surface area contributed by atoms with Crippen LogP contribution in [0.2, 0.25) is 0 Å². The van der Waals surface area contributed by atoms with Gasteiger partial charge in [0.1, 0.15) is 0 Å². The van der Waals surface area contributed by atoms with Crippen LogP contribution in [0.25, 0.3) is 0 Å². The Morgan fingerprint density at radius 2 is 1.44 bits per heavy atom. The zero-order valence-electron chi connectivity index (χ0n) is 10.0. The largest absolute Gasteiger partial charge is 0.441 e. The predicted molar refractivity (Wildman–Crippen MR) is 58.8 cm³/mol. The molecule has 0 spiro atoms. The van der Waals surface area contributed by atoms with Crippen LogP contribution in [0.1, 0.15) is 40.0 Å². The highest BCUT2D eigenvalue weighted by atomic mass is 16.6. The topological polar surface area (TPSA) is 86.5 Å². The SMILES string of the molecule is CCC(=O)OC(CN)(C(=O)CC)C(=O)CC. The maximum atomic E-state index is 11.7. The highest BCUT2D eigenvalue weighted by molar-refractivity contribution is 6.11. The lowest BCUT2D eigenvalue weighted by atomic mass is 9.89. The van der Waals surface area contributed by atoms with Crippen molar-refractivity contribution >= 4 is 17.5 Å². The number of hydrogen-bond donors (Lipinski definition) is 1. The molecule has 5 heteroatoms. The molecular weight excluding hydrogens is 210 g/mol. The molecule has 5 nitrogen and oxygen atoms in total. The molecule has 0 saturated heterocycles. The van der Waals surface area contributed by atoms with Gasteiger partial charge in [0, 0.05) is 25.8 Å². The lowest BCUT2D eigenvalue weighted by Gasteiger charge is -2.28.